The smallest absolute Gasteiger partial charge is 0.00401 e. The molecule has 72 valence electrons. The zero-order valence-corrected chi connectivity index (χ0v) is 9.57. The molecule has 0 saturated heterocycles. The number of rotatable bonds is 3. The van der Waals surface area contributed by atoms with Gasteiger partial charge in [-0.05, 0) is 36.0 Å². The Morgan fingerprint density at radius 3 is 1.92 bits per heavy atom. The second kappa shape index (κ2) is 4.19. The van der Waals surface area contributed by atoms with Crippen LogP contribution >= 0.6 is 12.6 Å². The molecule has 0 N–H and O–H groups in total. The zero-order chi connectivity index (χ0) is 9.90. The molecule has 0 bridgehead atoms. The second-order valence-electron chi connectivity index (χ2n) is 3.81. The van der Waals surface area contributed by atoms with Crippen LogP contribution in [0.3, 0.4) is 0 Å². The van der Waals surface area contributed by atoms with Crippen LogP contribution in [0.25, 0.3) is 0 Å². The SMILES string of the molecule is CCC(C)(CC)c1ccc(S)cc1. The number of hydrogen-bond donors (Lipinski definition) is 1. The Kier molecular flexibility index (Phi) is 3.43. The van der Waals surface area contributed by atoms with E-state index in [0.29, 0.717) is 5.41 Å². The summed E-state index contributed by atoms with van der Waals surface area (Å²) < 4.78 is 0. The van der Waals surface area contributed by atoms with E-state index in [0.717, 1.165) is 4.90 Å². The van der Waals surface area contributed by atoms with Crippen LogP contribution in [0.2, 0.25) is 0 Å². The van der Waals surface area contributed by atoms with Gasteiger partial charge in [-0.15, -0.1) is 12.6 Å². The summed E-state index contributed by atoms with van der Waals surface area (Å²) in [6.07, 6.45) is 2.38. The van der Waals surface area contributed by atoms with Gasteiger partial charge < -0.3 is 0 Å². The van der Waals surface area contributed by atoms with Crippen LogP contribution in [0.15, 0.2) is 29.2 Å². The molecule has 0 radical (unpaired) electrons. The van der Waals surface area contributed by atoms with E-state index in [1.54, 1.807) is 0 Å². The molecule has 0 aliphatic rings. The van der Waals surface area contributed by atoms with Crippen LogP contribution in [0.1, 0.15) is 39.2 Å². The number of benzene rings is 1. The maximum atomic E-state index is 4.29. The zero-order valence-electron chi connectivity index (χ0n) is 8.67. The topological polar surface area (TPSA) is 0 Å². The molecule has 0 unspecified atom stereocenters. The summed E-state index contributed by atoms with van der Waals surface area (Å²) in [6.45, 7) is 6.82. The highest BCUT2D eigenvalue weighted by molar-refractivity contribution is 7.80. The minimum Gasteiger partial charge on any atom is -0.143 e. The molecule has 1 rings (SSSR count). The van der Waals surface area contributed by atoms with Gasteiger partial charge in [-0.1, -0.05) is 32.9 Å². The van der Waals surface area contributed by atoms with Gasteiger partial charge in [-0.2, -0.15) is 0 Å². The summed E-state index contributed by atoms with van der Waals surface area (Å²) in [5.74, 6) is 0. The maximum absolute atomic E-state index is 4.29. The van der Waals surface area contributed by atoms with Crippen LogP contribution in [-0.4, -0.2) is 0 Å². The van der Waals surface area contributed by atoms with E-state index >= 15 is 0 Å². The predicted molar refractivity (Wildman–Crippen MR) is 61.6 cm³/mol. The van der Waals surface area contributed by atoms with Crippen molar-refractivity contribution in [2.45, 2.75) is 43.9 Å². The van der Waals surface area contributed by atoms with Gasteiger partial charge in [0.05, 0.1) is 0 Å². The van der Waals surface area contributed by atoms with Gasteiger partial charge in [0.15, 0.2) is 0 Å². The standard InChI is InChI=1S/C12H18S/c1-4-12(3,5-2)10-6-8-11(13)9-7-10/h6-9,13H,4-5H2,1-3H3. The highest BCUT2D eigenvalue weighted by Gasteiger charge is 2.21. The molecule has 1 aromatic rings. The van der Waals surface area contributed by atoms with E-state index in [4.69, 9.17) is 0 Å². The molecular formula is C12H18S. The van der Waals surface area contributed by atoms with Crippen molar-refractivity contribution < 1.29 is 0 Å². The van der Waals surface area contributed by atoms with Gasteiger partial charge in [0.1, 0.15) is 0 Å². The van der Waals surface area contributed by atoms with E-state index in [1.807, 2.05) is 0 Å². The van der Waals surface area contributed by atoms with Gasteiger partial charge in [-0.25, -0.2) is 0 Å². The molecule has 13 heavy (non-hydrogen) atoms. The molecule has 1 aromatic carbocycles. The lowest BCUT2D eigenvalue weighted by molar-refractivity contribution is 0.438. The van der Waals surface area contributed by atoms with Crippen molar-refractivity contribution in [1.82, 2.24) is 0 Å². The molecule has 0 atom stereocenters. The molecular weight excluding hydrogens is 176 g/mol. The molecule has 0 heterocycles. The Labute approximate surface area is 86.8 Å². The molecule has 0 nitrogen and oxygen atoms in total. The quantitative estimate of drug-likeness (QED) is 0.689. The summed E-state index contributed by atoms with van der Waals surface area (Å²) >= 11 is 4.29. The van der Waals surface area contributed by atoms with E-state index in [2.05, 4.69) is 57.7 Å². The third kappa shape index (κ3) is 2.28. The third-order valence-corrected chi connectivity index (χ3v) is 3.42. The summed E-state index contributed by atoms with van der Waals surface area (Å²) in [4.78, 5) is 1.04. The highest BCUT2D eigenvalue weighted by atomic mass is 32.1. The normalized spacial score (nSPS) is 11.7. The molecule has 0 amide bonds. The van der Waals surface area contributed by atoms with Crippen molar-refractivity contribution in [3.05, 3.63) is 29.8 Å². The van der Waals surface area contributed by atoms with Crippen LogP contribution in [0.4, 0.5) is 0 Å². The Hall–Kier alpha value is -0.430. The Morgan fingerprint density at radius 2 is 1.54 bits per heavy atom. The lowest BCUT2D eigenvalue weighted by Gasteiger charge is -2.27. The summed E-state index contributed by atoms with van der Waals surface area (Å²) in [5, 5.41) is 0. The summed E-state index contributed by atoms with van der Waals surface area (Å²) in [7, 11) is 0. The van der Waals surface area contributed by atoms with Gasteiger partial charge in [0.25, 0.3) is 0 Å². The van der Waals surface area contributed by atoms with E-state index < -0.39 is 0 Å². The van der Waals surface area contributed by atoms with Crippen molar-refractivity contribution in [2.24, 2.45) is 0 Å². The second-order valence-corrected chi connectivity index (χ2v) is 4.33. The molecule has 0 spiro atoms. The lowest BCUT2D eigenvalue weighted by atomic mass is 9.78. The Morgan fingerprint density at radius 1 is 1.08 bits per heavy atom. The fourth-order valence-electron chi connectivity index (χ4n) is 1.52. The third-order valence-electron chi connectivity index (χ3n) is 3.12. The molecule has 0 aliphatic carbocycles. The van der Waals surface area contributed by atoms with Gasteiger partial charge in [-0.3, -0.25) is 0 Å². The molecule has 1 heteroatoms. The van der Waals surface area contributed by atoms with Crippen LogP contribution in [0, 0.1) is 0 Å². The van der Waals surface area contributed by atoms with E-state index in [9.17, 15) is 0 Å². The Bertz CT molecular complexity index is 257. The molecule has 0 saturated carbocycles. The van der Waals surface area contributed by atoms with Crippen molar-refractivity contribution in [3.8, 4) is 0 Å². The first-order valence-electron chi connectivity index (χ1n) is 4.92. The first-order chi connectivity index (χ1) is 6.12. The first-order valence-corrected chi connectivity index (χ1v) is 5.36. The minimum absolute atomic E-state index is 0.335. The highest BCUT2D eigenvalue weighted by Crippen LogP contribution is 2.31. The predicted octanol–water partition coefficient (Wildman–Crippen LogP) is 4.05. The molecule has 0 aliphatic heterocycles. The molecule has 0 fully saturated rings. The number of hydrogen-bond acceptors (Lipinski definition) is 1. The fraction of sp³-hybridized carbons (Fsp3) is 0.500. The van der Waals surface area contributed by atoms with E-state index in [1.165, 1.54) is 18.4 Å². The van der Waals surface area contributed by atoms with Gasteiger partial charge >= 0.3 is 0 Å². The summed E-state index contributed by atoms with van der Waals surface area (Å²) in [5.41, 5.74) is 1.76. The summed E-state index contributed by atoms with van der Waals surface area (Å²) in [6, 6.07) is 8.52. The average Bonchev–Trinajstić information content (AvgIpc) is 2.18. The largest absolute Gasteiger partial charge is 0.143 e. The van der Waals surface area contributed by atoms with Gasteiger partial charge in [0, 0.05) is 4.90 Å². The van der Waals surface area contributed by atoms with Gasteiger partial charge in [0.2, 0.25) is 0 Å². The van der Waals surface area contributed by atoms with Crippen molar-refractivity contribution in [3.63, 3.8) is 0 Å². The maximum Gasteiger partial charge on any atom is 0.00401 e. The van der Waals surface area contributed by atoms with Crippen LogP contribution in [0.5, 0.6) is 0 Å². The lowest BCUT2D eigenvalue weighted by Crippen LogP contribution is -2.19. The molecule has 0 aromatic heterocycles. The Balaban J connectivity index is 2.99. The van der Waals surface area contributed by atoms with E-state index in [-0.39, 0.29) is 0 Å². The monoisotopic (exact) mass is 194 g/mol. The fourth-order valence-corrected chi connectivity index (χ4v) is 1.67. The van der Waals surface area contributed by atoms with Crippen molar-refractivity contribution in [1.29, 1.82) is 0 Å². The average molecular weight is 194 g/mol. The first kappa shape index (κ1) is 10.6. The van der Waals surface area contributed by atoms with Crippen molar-refractivity contribution in [2.75, 3.05) is 0 Å². The number of thiol groups is 1. The minimum atomic E-state index is 0.335. The van der Waals surface area contributed by atoms with Crippen molar-refractivity contribution >= 4 is 12.6 Å². The van der Waals surface area contributed by atoms with Crippen LogP contribution in [-0.2, 0) is 5.41 Å². The van der Waals surface area contributed by atoms with Crippen LogP contribution < -0.4 is 0 Å².